The van der Waals surface area contributed by atoms with Gasteiger partial charge < -0.3 is 10.2 Å². The highest BCUT2D eigenvalue weighted by molar-refractivity contribution is 6.25. The molecule has 1 N–H and O–H groups in total. The number of alkyl halides is 3. The molecule has 0 aliphatic carbocycles. The number of nitro groups is 1. The molecule has 0 saturated carbocycles. The largest absolute Gasteiger partial charge is 0.418 e. The van der Waals surface area contributed by atoms with E-state index in [4.69, 9.17) is 0 Å². The summed E-state index contributed by atoms with van der Waals surface area (Å²) in [6.45, 7) is 0. The molecule has 3 aromatic carbocycles. The smallest absolute Gasteiger partial charge is 0.351 e. The van der Waals surface area contributed by atoms with Crippen LogP contribution in [-0.4, -0.2) is 34.7 Å². The quantitative estimate of drug-likeness (QED) is 0.289. The number of nitro benzene ring substituents is 1. The number of para-hydroxylation sites is 2. The fourth-order valence-corrected chi connectivity index (χ4v) is 5.84. The summed E-state index contributed by atoms with van der Waals surface area (Å²) in [5.41, 5.74) is -0.357. The Kier molecular flexibility index (Phi) is 5.71. The Bertz CT molecular complexity index is 1600. The molecule has 4 atom stereocenters. The third kappa shape index (κ3) is 3.82. The second kappa shape index (κ2) is 9.04. The van der Waals surface area contributed by atoms with Crippen LogP contribution in [0, 0.1) is 22.0 Å². The van der Waals surface area contributed by atoms with Crippen molar-refractivity contribution < 1.29 is 32.5 Å². The average molecular weight is 548 g/mol. The second-order valence-corrected chi connectivity index (χ2v) is 9.63. The molecule has 9 nitrogen and oxygen atoms in total. The molecule has 202 valence electrons. The third-order valence-corrected chi connectivity index (χ3v) is 7.48. The summed E-state index contributed by atoms with van der Waals surface area (Å²) >= 11 is 0. The predicted molar refractivity (Wildman–Crippen MR) is 138 cm³/mol. The van der Waals surface area contributed by atoms with Gasteiger partial charge in [0.05, 0.1) is 34.1 Å². The van der Waals surface area contributed by atoms with Crippen molar-refractivity contribution in [2.24, 2.45) is 11.8 Å². The summed E-state index contributed by atoms with van der Waals surface area (Å²) < 4.78 is 41.5. The monoisotopic (exact) mass is 548 g/mol. The van der Waals surface area contributed by atoms with Gasteiger partial charge in [0.15, 0.2) is 0 Å². The van der Waals surface area contributed by atoms with Crippen molar-refractivity contribution in [3.63, 3.8) is 0 Å². The molecule has 0 bridgehead atoms. The number of hydrogen-bond donors (Lipinski definition) is 1. The summed E-state index contributed by atoms with van der Waals surface area (Å²) in [7, 11) is 0. The molecule has 3 aromatic rings. The van der Waals surface area contributed by atoms with E-state index >= 15 is 0 Å². The van der Waals surface area contributed by atoms with Gasteiger partial charge in [-0.2, -0.15) is 13.2 Å². The van der Waals surface area contributed by atoms with Gasteiger partial charge in [0, 0.05) is 23.5 Å². The summed E-state index contributed by atoms with van der Waals surface area (Å²) in [5.74, 6) is -4.81. The predicted octanol–water partition coefficient (Wildman–Crippen LogP) is 4.64. The molecule has 3 aliphatic heterocycles. The minimum absolute atomic E-state index is 0.190. The topological polar surface area (TPSA) is 113 Å². The highest BCUT2D eigenvalue weighted by atomic mass is 19.4. The minimum atomic E-state index is -4.82. The van der Waals surface area contributed by atoms with Crippen LogP contribution >= 0.6 is 0 Å². The highest BCUT2D eigenvalue weighted by Gasteiger charge is 2.65. The number of benzene rings is 3. The van der Waals surface area contributed by atoms with E-state index in [1.807, 2.05) is 0 Å². The molecule has 2 saturated heterocycles. The average Bonchev–Trinajstić information content (AvgIpc) is 3.41. The van der Waals surface area contributed by atoms with Crippen molar-refractivity contribution in [3.05, 3.63) is 100 Å². The number of rotatable bonds is 4. The van der Waals surface area contributed by atoms with Gasteiger partial charge >= 0.3 is 6.18 Å². The summed E-state index contributed by atoms with van der Waals surface area (Å²) in [6.07, 6.45) is -1.38. The van der Waals surface area contributed by atoms with E-state index in [1.54, 1.807) is 41.3 Å². The fourth-order valence-electron chi connectivity index (χ4n) is 5.84. The van der Waals surface area contributed by atoms with Crippen LogP contribution in [0.3, 0.4) is 0 Å². The molecule has 3 amide bonds. The first-order chi connectivity index (χ1) is 19.1. The molecule has 6 rings (SSSR count). The highest BCUT2D eigenvalue weighted by Crippen LogP contribution is 2.50. The summed E-state index contributed by atoms with van der Waals surface area (Å²) in [5, 5.41) is 13.7. The molecular weight excluding hydrogens is 529 g/mol. The van der Waals surface area contributed by atoms with Crippen molar-refractivity contribution in [3.8, 4) is 0 Å². The Morgan fingerprint density at radius 2 is 1.50 bits per heavy atom. The number of non-ortho nitro benzene ring substituents is 1. The Balaban J connectivity index is 1.43. The number of nitrogens with one attached hydrogen (secondary N) is 1. The molecule has 12 heteroatoms. The molecule has 0 spiro atoms. The molecule has 40 heavy (non-hydrogen) atoms. The fraction of sp³-hybridized carbons (Fsp3) is 0.179. The van der Waals surface area contributed by atoms with E-state index in [0.29, 0.717) is 10.6 Å². The van der Waals surface area contributed by atoms with Gasteiger partial charge in [0.2, 0.25) is 17.7 Å². The van der Waals surface area contributed by atoms with Crippen LogP contribution in [0.2, 0.25) is 0 Å². The first-order valence-corrected chi connectivity index (χ1v) is 12.2. The Morgan fingerprint density at radius 1 is 0.875 bits per heavy atom. The maximum absolute atomic E-state index is 13.9. The lowest BCUT2D eigenvalue weighted by Gasteiger charge is -2.36. The van der Waals surface area contributed by atoms with Crippen LogP contribution in [0.1, 0.15) is 11.1 Å². The van der Waals surface area contributed by atoms with Gasteiger partial charge in [0.1, 0.15) is 6.04 Å². The summed E-state index contributed by atoms with van der Waals surface area (Å²) in [4.78, 5) is 54.0. The zero-order chi connectivity index (χ0) is 28.3. The molecule has 3 aliphatic rings. The first-order valence-electron chi connectivity index (χ1n) is 12.2. The Morgan fingerprint density at radius 3 is 2.17 bits per heavy atom. The van der Waals surface area contributed by atoms with E-state index in [0.717, 1.165) is 17.7 Å². The minimum Gasteiger partial charge on any atom is -0.351 e. The van der Waals surface area contributed by atoms with Crippen LogP contribution in [-0.2, 0) is 20.6 Å². The molecule has 0 aromatic heterocycles. The van der Waals surface area contributed by atoms with E-state index < -0.39 is 64.0 Å². The lowest BCUT2D eigenvalue weighted by Crippen LogP contribution is -2.50. The van der Waals surface area contributed by atoms with Crippen LogP contribution in [0.25, 0.3) is 6.08 Å². The lowest BCUT2D eigenvalue weighted by molar-refractivity contribution is -0.384. The van der Waals surface area contributed by atoms with Gasteiger partial charge in [-0.3, -0.25) is 24.5 Å². The molecule has 0 unspecified atom stereocenters. The number of carbonyl (C=O) groups is 3. The standard InChI is InChI=1S/C28H19F3N4O5/c29-28(30,31)18-6-2-4-8-20(18)34-26(37)22-21-14-9-15-5-1-3-7-19(15)33(21)24(23(22)27(34)38)25(36)32-16-10-12-17(13-11-16)35(39)40/h1-14,21-24H,(H,32,36)/t21-,22-,23-,24+/m1/s1. The van der Waals surface area contributed by atoms with E-state index in [2.05, 4.69) is 5.32 Å². The van der Waals surface area contributed by atoms with Crippen LogP contribution in [0.5, 0.6) is 0 Å². The maximum atomic E-state index is 13.9. The first kappa shape index (κ1) is 25.3. The molecule has 3 heterocycles. The Labute approximate surface area is 224 Å². The van der Waals surface area contributed by atoms with Gasteiger partial charge in [0.25, 0.3) is 5.69 Å². The number of fused-ring (bicyclic) bond motifs is 5. The van der Waals surface area contributed by atoms with E-state index in [-0.39, 0.29) is 11.4 Å². The zero-order valence-electron chi connectivity index (χ0n) is 20.4. The van der Waals surface area contributed by atoms with Crippen molar-refractivity contribution in [1.29, 1.82) is 0 Å². The number of hydrogen-bond acceptors (Lipinski definition) is 6. The van der Waals surface area contributed by atoms with Crippen LogP contribution in [0.15, 0.2) is 78.9 Å². The number of amides is 3. The number of carbonyl (C=O) groups excluding carboxylic acids is 3. The molecular formula is C28H19F3N4O5. The zero-order valence-corrected chi connectivity index (χ0v) is 20.4. The maximum Gasteiger partial charge on any atom is 0.418 e. The number of nitrogens with zero attached hydrogens (tertiary/aromatic N) is 3. The van der Waals surface area contributed by atoms with E-state index in [1.165, 1.54) is 36.4 Å². The number of halogens is 3. The van der Waals surface area contributed by atoms with E-state index in [9.17, 15) is 37.7 Å². The SMILES string of the molecule is O=C(Nc1ccc([N+](=O)[O-])cc1)[C@@H]1[C@@H]2C(=O)N(c3ccccc3C(F)(F)F)C(=O)[C@@H]2[C@H]2C=Cc3ccccc3N21. The van der Waals surface area contributed by atoms with Gasteiger partial charge in [-0.05, 0) is 35.9 Å². The van der Waals surface area contributed by atoms with Gasteiger partial charge in [-0.25, -0.2) is 4.90 Å². The Hall–Kier alpha value is -5.00. The summed E-state index contributed by atoms with van der Waals surface area (Å²) in [6, 6.07) is 14.5. The van der Waals surface area contributed by atoms with Crippen molar-refractivity contribution >= 4 is 46.5 Å². The van der Waals surface area contributed by atoms with Crippen molar-refractivity contribution in [1.82, 2.24) is 0 Å². The molecule has 0 radical (unpaired) electrons. The molecule has 2 fully saturated rings. The normalized spacial score (nSPS) is 23.1. The number of anilines is 3. The van der Waals surface area contributed by atoms with Crippen molar-refractivity contribution in [2.75, 3.05) is 15.1 Å². The van der Waals surface area contributed by atoms with Crippen molar-refractivity contribution in [2.45, 2.75) is 18.3 Å². The third-order valence-electron chi connectivity index (χ3n) is 7.48. The number of imide groups is 1. The van der Waals surface area contributed by atoms with Crippen LogP contribution in [0.4, 0.5) is 35.9 Å². The van der Waals surface area contributed by atoms with Crippen LogP contribution < -0.4 is 15.1 Å². The van der Waals surface area contributed by atoms with Gasteiger partial charge in [-0.15, -0.1) is 0 Å². The lowest BCUT2D eigenvalue weighted by atomic mass is 9.88. The van der Waals surface area contributed by atoms with Gasteiger partial charge in [-0.1, -0.05) is 42.5 Å². The second-order valence-electron chi connectivity index (χ2n) is 9.63.